The Balaban J connectivity index is -0.000000313. The minimum Gasteiger partial charge on any atom is -0.0984 e. The van der Waals surface area contributed by atoms with Crippen molar-refractivity contribution in [2.45, 2.75) is 61.8 Å². The summed E-state index contributed by atoms with van der Waals surface area (Å²) in [6, 6.07) is 6.36. The van der Waals surface area contributed by atoms with Crippen LogP contribution in [0.5, 0.6) is 0 Å². The van der Waals surface area contributed by atoms with Crippen LogP contribution in [0.3, 0.4) is 0 Å². The van der Waals surface area contributed by atoms with Gasteiger partial charge in [0.25, 0.3) is 0 Å². The molecular weight excluding hydrogens is 228 g/mol. The van der Waals surface area contributed by atoms with Crippen LogP contribution in [0, 0.1) is 6.92 Å². The van der Waals surface area contributed by atoms with E-state index in [-0.39, 0.29) is 0 Å². The van der Waals surface area contributed by atoms with Gasteiger partial charge in [0, 0.05) is 0 Å². The lowest BCUT2D eigenvalue weighted by atomic mass is 10.0. The van der Waals surface area contributed by atoms with Crippen molar-refractivity contribution in [1.29, 1.82) is 0 Å². The molecule has 0 heteroatoms. The molecule has 0 N–H and O–H groups in total. The minimum atomic E-state index is 1.19. The molecule has 0 aliphatic rings. The van der Waals surface area contributed by atoms with Crippen molar-refractivity contribution in [3.05, 3.63) is 47.5 Å². The second-order valence-electron chi connectivity index (χ2n) is 3.54. The Labute approximate surface area is 122 Å². The summed E-state index contributed by atoms with van der Waals surface area (Å²) in [7, 11) is 0. The fourth-order valence-corrected chi connectivity index (χ4v) is 1.20. The van der Waals surface area contributed by atoms with Gasteiger partial charge in [0.1, 0.15) is 0 Å². The summed E-state index contributed by atoms with van der Waals surface area (Å²) >= 11 is 0. The van der Waals surface area contributed by atoms with Crippen LogP contribution >= 0.6 is 0 Å². The molecule has 0 spiro atoms. The monoisotopic (exact) mass is 262 g/mol. The Morgan fingerprint density at radius 2 is 1.47 bits per heavy atom. The zero-order chi connectivity index (χ0) is 15.7. The number of allylic oxidation sites excluding steroid dienone is 1. The van der Waals surface area contributed by atoms with Crippen LogP contribution in [-0.4, -0.2) is 0 Å². The Kier molecular flexibility index (Phi) is 22.9. The van der Waals surface area contributed by atoms with Crippen LogP contribution in [0.15, 0.2) is 30.9 Å². The normalized spacial score (nSPS) is 8.21. The van der Waals surface area contributed by atoms with E-state index < -0.39 is 0 Å². The average Bonchev–Trinajstić information content (AvgIpc) is 2.45. The van der Waals surface area contributed by atoms with Gasteiger partial charge in [-0.3, -0.25) is 0 Å². The Morgan fingerprint density at radius 3 is 1.84 bits per heavy atom. The first-order valence-electron chi connectivity index (χ1n) is 7.55. The smallest absolute Gasteiger partial charge is 0.0185 e. The molecule has 0 saturated heterocycles. The molecule has 0 atom stereocenters. The summed E-state index contributed by atoms with van der Waals surface area (Å²) in [5, 5.41) is 0. The maximum Gasteiger partial charge on any atom is -0.0185 e. The van der Waals surface area contributed by atoms with Gasteiger partial charge in [0.05, 0.1) is 0 Å². The van der Waals surface area contributed by atoms with E-state index in [2.05, 4.69) is 51.6 Å². The molecule has 0 amide bonds. The molecule has 0 radical (unpaired) electrons. The van der Waals surface area contributed by atoms with Gasteiger partial charge in [-0.25, -0.2) is 0 Å². The number of hydrogen-bond donors (Lipinski definition) is 0. The van der Waals surface area contributed by atoms with Crippen molar-refractivity contribution in [2.24, 2.45) is 0 Å². The minimum absolute atomic E-state index is 1.19. The highest BCUT2D eigenvalue weighted by molar-refractivity contribution is 5.64. The van der Waals surface area contributed by atoms with Gasteiger partial charge in [-0.1, -0.05) is 96.5 Å². The molecule has 0 aromatic heterocycles. The predicted molar refractivity (Wildman–Crippen MR) is 94.6 cm³/mol. The van der Waals surface area contributed by atoms with E-state index >= 15 is 0 Å². The van der Waals surface area contributed by atoms with Crippen LogP contribution in [0.2, 0.25) is 0 Å². The summed E-state index contributed by atoms with van der Waals surface area (Å²) < 4.78 is 0. The van der Waals surface area contributed by atoms with Gasteiger partial charge in [-0.15, -0.1) is 0 Å². The van der Waals surface area contributed by atoms with Crippen molar-refractivity contribution in [3.8, 4) is 0 Å². The second kappa shape index (κ2) is 19.0. The topological polar surface area (TPSA) is 0 Å². The van der Waals surface area contributed by atoms with Crippen LogP contribution in [-0.2, 0) is 0 Å². The van der Waals surface area contributed by atoms with Gasteiger partial charge in [0.15, 0.2) is 0 Å². The first kappa shape index (κ1) is 22.8. The average molecular weight is 262 g/mol. The van der Waals surface area contributed by atoms with E-state index in [9.17, 15) is 0 Å². The third kappa shape index (κ3) is 12.9. The molecule has 0 heterocycles. The highest BCUT2D eigenvalue weighted by Crippen LogP contribution is 2.14. The van der Waals surface area contributed by atoms with E-state index in [4.69, 9.17) is 0 Å². The van der Waals surface area contributed by atoms with Gasteiger partial charge in [0.2, 0.25) is 0 Å². The molecule has 0 saturated carbocycles. The van der Waals surface area contributed by atoms with E-state index in [1.807, 2.05) is 46.8 Å². The molecule has 19 heavy (non-hydrogen) atoms. The molecule has 110 valence electrons. The summed E-state index contributed by atoms with van der Waals surface area (Å²) in [6.45, 7) is 20.1. The maximum absolute atomic E-state index is 3.77. The van der Waals surface area contributed by atoms with Crippen molar-refractivity contribution < 1.29 is 0 Å². The van der Waals surface area contributed by atoms with Crippen molar-refractivity contribution in [3.63, 3.8) is 0 Å². The molecular formula is C19H34. The molecule has 1 aromatic carbocycles. The lowest BCUT2D eigenvalue weighted by Crippen LogP contribution is -1.81. The molecule has 1 rings (SSSR count). The third-order valence-corrected chi connectivity index (χ3v) is 1.81. The fraction of sp³-hybridized carbons (Fsp3) is 0.474. The van der Waals surface area contributed by atoms with Crippen molar-refractivity contribution in [2.75, 3.05) is 0 Å². The van der Waals surface area contributed by atoms with Gasteiger partial charge < -0.3 is 0 Å². The highest BCUT2D eigenvalue weighted by atomic mass is 14.0. The SMILES string of the molecule is C=Cc1ccc(C)cc1/C=C\C.CC.CC.CCC. The van der Waals surface area contributed by atoms with Crippen LogP contribution in [0.4, 0.5) is 0 Å². The number of rotatable bonds is 2. The Bertz CT molecular complexity index is 319. The Hall–Kier alpha value is -1.30. The first-order valence-corrected chi connectivity index (χ1v) is 7.55. The summed E-state index contributed by atoms with van der Waals surface area (Å²) in [4.78, 5) is 0. The van der Waals surface area contributed by atoms with Crippen LogP contribution < -0.4 is 0 Å². The zero-order valence-corrected chi connectivity index (χ0v) is 14.4. The first-order chi connectivity index (χ1) is 9.19. The molecule has 0 bridgehead atoms. The molecule has 0 aliphatic carbocycles. The maximum atomic E-state index is 3.77. The molecule has 0 aliphatic heterocycles. The summed E-state index contributed by atoms with van der Waals surface area (Å²) in [6.07, 6.45) is 7.28. The van der Waals surface area contributed by atoms with Crippen LogP contribution in [0.1, 0.15) is 71.6 Å². The summed E-state index contributed by atoms with van der Waals surface area (Å²) in [5.74, 6) is 0. The largest absolute Gasteiger partial charge is 0.0984 e. The van der Waals surface area contributed by atoms with E-state index in [1.54, 1.807) is 0 Å². The lowest BCUT2D eigenvalue weighted by Gasteiger charge is -2.01. The van der Waals surface area contributed by atoms with Crippen molar-refractivity contribution in [1.82, 2.24) is 0 Å². The lowest BCUT2D eigenvalue weighted by molar-refractivity contribution is 1.09. The van der Waals surface area contributed by atoms with Gasteiger partial charge in [-0.05, 0) is 25.0 Å². The fourth-order valence-electron chi connectivity index (χ4n) is 1.20. The van der Waals surface area contributed by atoms with E-state index in [0.29, 0.717) is 0 Å². The van der Waals surface area contributed by atoms with Crippen molar-refractivity contribution >= 4 is 12.2 Å². The van der Waals surface area contributed by atoms with Gasteiger partial charge in [-0.2, -0.15) is 0 Å². The predicted octanol–water partition coefficient (Wildman–Crippen LogP) is 7.14. The standard InChI is InChI=1S/C12H14.C3H8.2C2H6/c1-4-6-12-9-10(3)7-8-11(12)5-2;1-3-2;2*1-2/h4-9H,2H2,1,3H3;3H2,1-2H3;2*1-2H3/b6-4-;;;. The number of hydrogen-bond acceptors (Lipinski definition) is 0. The quantitative estimate of drug-likeness (QED) is 0.531. The molecule has 0 fully saturated rings. The molecule has 1 aromatic rings. The van der Waals surface area contributed by atoms with Gasteiger partial charge >= 0.3 is 0 Å². The molecule has 0 nitrogen and oxygen atoms in total. The zero-order valence-electron chi connectivity index (χ0n) is 14.4. The van der Waals surface area contributed by atoms with E-state index in [1.165, 1.54) is 23.1 Å². The van der Waals surface area contributed by atoms with Crippen LogP contribution in [0.25, 0.3) is 12.2 Å². The van der Waals surface area contributed by atoms with E-state index in [0.717, 1.165) is 0 Å². The Morgan fingerprint density at radius 1 is 1.00 bits per heavy atom. The summed E-state index contributed by atoms with van der Waals surface area (Å²) in [5.41, 5.74) is 3.72. The highest BCUT2D eigenvalue weighted by Gasteiger charge is 1.94. The number of benzene rings is 1. The molecule has 0 unspecified atom stereocenters. The third-order valence-electron chi connectivity index (χ3n) is 1.81. The second-order valence-corrected chi connectivity index (χ2v) is 3.54. The number of aryl methyl sites for hydroxylation is 1.